The maximum absolute atomic E-state index is 11.8. The lowest BCUT2D eigenvalue weighted by Gasteiger charge is -2.39. The van der Waals surface area contributed by atoms with Crippen molar-refractivity contribution in [3.05, 3.63) is 58.2 Å². The number of ether oxygens (including phenoxy) is 1. The lowest BCUT2D eigenvalue weighted by atomic mass is 9.84. The summed E-state index contributed by atoms with van der Waals surface area (Å²) < 4.78 is 38.9. The average molecular weight is 879 g/mol. The molecule has 0 N–H and O–H groups in total. The molecule has 62 heavy (non-hydrogen) atoms. The summed E-state index contributed by atoms with van der Waals surface area (Å²) in [4.78, 5) is 2.32. The summed E-state index contributed by atoms with van der Waals surface area (Å²) in [5.41, 5.74) is 0.194. The maximum atomic E-state index is 11.8. The summed E-state index contributed by atoms with van der Waals surface area (Å²) >= 11 is 0. The van der Waals surface area contributed by atoms with Gasteiger partial charge in [-0.1, -0.05) is 27.7 Å². The minimum absolute atomic E-state index is 0.0134. The van der Waals surface area contributed by atoms with Crippen molar-refractivity contribution in [2.24, 2.45) is 0 Å². The number of hydrogen-bond donors (Lipinski definition) is 0. The molecular formula is C42H70N16O3S. The summed E-state index contributed by atoms with van der Waals surface area (Å²) in [6, 6.07) is 0. The molecule has 19 nitrogen and oxygen atoms in total. The van der Waals surface area contributed by atoms with Crippen molar-refractivity contribution < 1.29 is 13.2 Å². The second kappa shape index (κ2) is 16.9. The smallest absolute Gasteiger partial charge is 0.164 e. The number of hydrogen-bond acceptors (Lipinski definition) is 14. The molecule has 10 rings (SSSR count). The van der Waals surface area contributed by atoms with Crippen LogP contribution in [-0.4, -0.2) is 113 Å². The molecule has 0 radical (unpaired) electrons. The van der Waals surface area contributed by atoms with Crippen LogP contribution in [0, 0.1) is 34.6 Å². The van der Waals surface area contributed by atoms with Gasteiger partial charge in [-0.3, -0.25) is 4.90 Å². The van der Waals surface area contributed by atoms with E-state index in [0.717, 1.165) is 91.8 Å². The molecule has 0 spiro atoms. The van der Waals surface area contributed by atoms with Crippen molar-refractivity contribution in [3.8, 4) is 0 Å². The fourth-order valence-corrected chi connectivity index (χ4v) is 10.0. The molecule has 0 fully saturated rings. The largest absolute Gasteiger partial charge is 0.366 e. The monoisotopic (exact) mass is 879 g/mol. The Morgan fingerprint density at radius 3 is 1.40 bits per heavy atom. The highest BCUT2D eigenvalue weighted by Crippen LogP contribution is 2.35. The Morgan fingerprint density at radius 2 is 0.887 bits per heavy atom. The molecule has 5 aliphatic rings. The maximum Gasteiger partial charge on any atom is 0.164 e. The van der Waals surface area contributed by atoms with Gasteiger partial charge in [-0.05, 0) is 102 Å². The van der Waals surface area contributed by atoms with Crippen LogP contribution in [0.25, 0.3) is 0 Å². The van der Waals surface area contributed by atoms with Crippen LogP contribution in [0.3, 0.4) is 0 Å². The lowest BCUT2D eigenvalue weighted by Crippen LogP contribution is -2.46. The van der Waals surface area contributed by atoms with E-state index in [0.29, 0.717) is 12.4 Å². The molecule has 0 bridgehead atoms. The van der Waals surface area contributed by atoms with Gasteiger partial charge < -0.3 is 27.6 Å². The van der Waals surface area contributed by atoms with E-state index in [1.165, 1.54) is 19.3 Å². The van der Waals surface area contributed by atoms with Crippen molar-refractivity contribution in [3.63, 3.8) is 0 Å². The minimum Gasteiger partial charge on any atom is -0.366 e. The second-order valence-electron chi connectivity index (χ2n) is 19.9. The standard InChI is InChI=1S/C9H16N4.C9H15N3.C8H13N3O2S.C8H13N3O.C8H13N3/c1-7-10-11-8-9(2,3)12(4)5-6-13(7)8;1-7-10-11-8-9(2,3)5-4-6-12(7)8;1-6-9-10-7-8(2,3)14(12,13)5-4-11(6)7;1-6-9-10-7-8(2,3)12-5-4-11(6)7;1-6-9-10-7-8(2,3)4-5-11(6)7/h5-6H2,1-4H3;4-6H2,1-3H3;4-5H2,1-3H3;4-5H2,1-3H3;4-5H2,1-3H3. The van der Waals surface area contributed by atoms with E-state index in [1.54, 1.807) is 13.8 Å². The summed E-state index contributed by atoms with van der Waals surface area (Å²) in [5.74, 6) is 9.93. The Hall–Kier alpha value is -4.43. The number of likely N-dealkylation sites (N-methyl/N-ethyl adjacent to an activating group) is 1. The van der Waals surface area contributed by atoms with E-state index in [1.807, 2.05) is 53.0 Å². The molecule has 0 amide bonds. The first-order valence-corrected chi connectivity index (χ1v) is 23.5. The van der Waals surface area contributed by atoms with Crippen LogP contribution in [-0.2, 0) is 74.0 Å². The van der Waals surface area contributed by atoms with Crippen LogP contribution in [0.1, 0.15) is 147 Å². The van der Waals surface area contributed by atoms with Gasteiger partial charge in [0.25, 0.3) is 0 Å². The van der Waals surface area contributed by atoms with Crippen LogP contribution in [0.15, 0.2) is 0 Å². The third kappa shape index (κ3) is 8.87. The van der Waals surface area contributed by atoms with Gasteiger partial charge in [0.2, 0.25) is 0 Å². The first-order valence-electron chi connectivity index (χ1n) is 21.8. The molecule has 0 aromatic carbocycles. The molecule has 0 atom stereocenters. The van der Waals surface area contributed by atoms with E-state index in [9.17, 15) is 8.42 Å². The highest BCUT2D eigenvalue weighted by atomic mass is 32.2. The summed E-state index contributed by atoms with van der Waals surface area (Å²) in [6.45, 7) is 36.9. The molecule has 0 saturated heterocycles. The third-order valence-corrected chi connectivity index (χ3v) is 15.9. The van der Waals surface area contributed by atoms with Crippen LogP contribution in [0.2, 0.25) is 0 Å². The molecule has 10 heterocycles. The normalized spacial score (nSPS) is 21.3. The number of aromatic nitrogens is 15. The second-order valence-corrected chi connectivity index (χ2v) is 22.6. The zero-order valence-electron chi connectivity index (χ0n) is 40.1. The van der Waals surface area contributed by atoms with Gasteiger partial charge in [0.15, 0.2) is 27.3 Å². The highest BCUT2D eigenvalue weighted by molar-refractivity contribution is 7.92. The lowest BCUT2D eigenvalue weighted by molar-refractivity contribution is -0.0543. The van der Waals surface area contributed by atoms with Crippen LogP contribution < -0.4 is 0 Å². The molecule has 20 heteroatoms. The Labute approximate surface area is 367 Å². The Balaban J connectivity index is 0.000000130. The number of nitrogens with zero attached hydrogens (tertiary/aromatic N) is 16. The van der Waals surface area contributed by atoms with Gasteiger partial charge in [-0.25, -0.2) is 8.42 Å². The highest BCUT2D eigenvalue weighted by Gasteiger charge is 2.44. The first-order chi connectivity index (χ1) is 28.7. The van der Waals surface area contributed by atoms with Crippen LogP contribution >= 0.6 is 0 Å². The molecule has 0 aliphatic carbocycles. The van der Waals surface area contributed by atoms with Gasteiger partial charge in [0.05, 0.1) is 17.9 Å². The SMILES string of the molecule is Cc1nnc2n1CCC2(C)C.Cc1nnc2n1CCCC2(C)C.Cc1nnc2n1CCN(C)C2(C)C.Cc1nnc2n1CCOC2(C)C.Cc1nnc2n1CCS(=O)(=O)C2(C)C. The van der Waals surface area contributed by atoms with Crippen molar-refractivity contribution in [2.75, 3.05) is 26.0 Å². The summed E-state index contributed by atoms with van der Waals surface area (Å²) in [6.07, 6.45) is 3.67. The fourth-order valence-electron chi connectivity index (χ4n) is 8.64. The average Bonchev–Trinajstić information content (AvgIpc) is 4.04. The minimum atomic E-state index is -3.08. The van der Waals surface area contributed by atoms with Crippen molar-refractivity contribution in [1.82, 2.24) is 78.7 Å². The fraction of sp³-hybridized carbons (Fsp3) is 0.762. The summed E-state index contributed by atoms with van der Waals surface area (Å²) in [5, 5.41) is 40.9. The molecule has 0 saturated carbocycles. The van der Waals surface area contributed by atoms with Crippen molar-refractivity contribution in [2.45, 2.75) is 183 Å². The van der Waals surface area contributed by atoms with Gasteiger partial charge in [0.1, 0.15) is 51.1 Å². The summed E-state index contributed by atoms with van der Waals surface area (Å²) in [7, 11) is -0.952. The molecular weight excluding hydrogens is 809 g/mol. The van der Waals surface area contributed by atoms with Gasteiger partial charge in [-0.2, -0.15) is 0 Å². The Morgan fingerprint density at radius 1 is 0.468 bits per heavy atom. The van der Waals surface area contributed by atoms with Gasteiger partial charge >= 0.3 is 0 Å². The quantitative estimate of drug-likeness (QED) is 0.206. The van der Waals surface area contributed by atoms with Crippen molar-refractivity contribution in [1.29, 1.82) is 0 Å². The third-order valence-electron chi connectivity index (χ3n) is 13.4. The van der Waals surface area contributed by atoms with Gasteiger partial charge in [0, 0.05) is 50.1 Å². The first kappa shape index (κ1) is 47.1. The molecule has 5 aromatic rings. The predicted octanol–water partition coefficient (Wildman–Crippen LogP) is 4.79. The van der Waals surface area contributed by atoms with Crippen molar-refractivity contribution >= 4 is 9.84 Å². The zero-order valence-corrected chi connectivity index (χ0v) is 40.9. The molecule has 0 unspecified atom stereocenters. The molecule has 5 aromatic heterocycles. The zero-order chi connectivity index (χ0) is 45.8. The number of sulfone groups is 1. The topological polar surface area (TPSA) is 200 Å². The molecule has 342 valence electrons. The van der Waals surface area contributed by atoms with Crippen LogP contribution in [0.4, 0.5) is 0 Å². The Kier molecular flexibility index (Phi) is 12.9. The number of fused-ring (bicyclic) bond motifs is 5. The van der Waals surface area contributed by atoms with Crippen LogP contribution in [0.5, 0.6) is 0 Å². The van der Waals surface area contributed by atoms with E-state index < -0.39 is 14.6 Å². The number of aryl methyl sites for hydroxylation is 5. The Bertz CT molecular complexity index is 2420. The predicted molar refractivity (Wildman–Crippen MR) is 235 cm³/mol. The van der Waals surface area contributed by atoms with E-state index in [4.69, 9.17) is 4.74 Å². The van der Waals surface area contributed by atoms with E-state index >= 15 is 0 Å². The molecule has 5 aliphatic heterocycles. The number of rotatable bonds is 0. The van der Waals surface area contributed by atoms with E-state index in [2.05, 4.69) is 123 Å². The van der Waals surface area contributed by atoms with Gasteiger partial charge in [-0.15, -0.1) is 51.0 Å². The van der Waals surface area contributed by atoms with E-state index in [-0.39, 0.29) is 27.7 Å².